The van der Waals surface area contributed by atoms with Crippen LogP contribution in [0.15, 0.2) is 18.2 Å². The molecule has 0 radical (unpaired) electrons. The molecule has 2 N–H and O–H groups in total. The predicted molar refractivity (Wildman–Crippen MR) is 71.8 cm³/mol. The van der Waals surface area contributed by atoms with Crippen molar-refractivity contribution in [3.63, 3.8) is 0 Å². The number of hydrogen-bond donors (Lipinski definition) is 1. The van der Waals surface area contributed by atoms with Gasteiger partial charge < -0.3 is 10.5 Å². The van der Waals surface area contributed by atoms with Crippen molar-refractivity contribution < 1.29 is 4.74 Å². The van der Waals surface area contributed by atoms with E-state index >= 15 is 0 Å². The normalized spacial score (nSPS) is 10.5. The molecule has 0 amide bonds. The molecule has 2 rings (SSSR count). The Balaban J connectivity index is 2.35. The number of nitrogens with two attached hydrogens (primary N) is 1. The quantitative estimate of drug-likeness (QED) is 0.850. The van der Waals surface area contributed by atoms with E-state index in [1.165, 1.54) is 4.88 Å². The lowest BCUT2D eigenvalue weighted by Crippen LogP contribution is -1.96. The highest BCUT2D eigenvalue weighted by Crippen LogP contribution is 2.27. The van der Waals surface area contributed by atoms with E-state index in [1.807, 2.05) is 32.0 Å². The molecule has 0 aliphatic carbocycles. The van der Waals surface area contributed by atoms with Gasteiger partial charge in [0.2, 0.25) is 0 Å². The first-order chi connectivity index (χ1) is 8.10. The van der Waals surface area contributed by atoms with Crippen LogP contribution in [0.2, 0.25) is 0 Å². The first-order valence-corrected chi connectivity index (χ1v) is 6.27. The van der Waals surface area contributed by atoms with Crippen molar-refractivity contribution in [1.29, 1.82) is 0 Å². The number of rotatable bonds is 3. The van der Waals surface area contributed by atoms with Gasteiger partial charge in [0.1, 0.15) is 5.75 Å². The van der Waals surface area contributed by atoms with Gasteiger partial charge in [-0.15, -0.1) is 11.3 Å². The molecule has 0 spiro atoms. The second-order valence-corrected chi connectivity index (χ2v) is 5.28. The van der Waals surface area contributed by atoms with E-state index in [1.54, 1.807) is 18.4 Å². The molecular weight excluding hydrogens is 232 g/mol. The van der Waals surface area contributed by atoms with Crippen molar-refractivity contribution >= 4 is 17.0 Å². The van der Waals surface area contributed by atoms with Crippen molar-refractivity contribution in [3.8, 4) is 5.75 Å². The fourth-order valence-corrected chi connectivity index (χ4v) is 2.81. The SMILES string of the molecule is COc1ccc(N)cc1Cc1sc(C)nc1C. The van der Waals surface area contributed by atoms with Crippen molar-refractivity contribution in [2.45, 2.75) is 20.3 Å². The number of methoxy groups -OCH3 is 1. The maximum absolute atomic E-state index is 5.81. The molecule has 2 aromatic rings. The summed E-state index contributed by atoms with van der Waals surface area (Å²) in [4.78, 5) is 5.70. The zero-order valence-corrected chi connectivity index (χ0v) is 11.1. The topological polar surface area (TPSA) is 48.1 Å². The van der Waals surface area contributed by atoms with Crippen molar-refractivity contribution in [2.75, 3.05) is 12.8 Å². The minimum absolute atomic E-state index is 0.764. The molecule has 1 aromatic carbocycles. The molecule has 90 valence electrons. The van der Waals surface area contributed by atoms with Gasteiger partial charge in [0.05, 0.1) is 17.8 Å². The third-order valence-electron chi connectivity index (χ3n) is 2.66. The summed E-state index contributed by atoms with van der Waals surface area (Å²) in [5.41, 5.74) is 8.78. The Labute approximate surface area is 105 Å². The van der Waals surface area contributed by atoms with Gasteiger partial charge in [-0.3, -0.25) is 0 Å². The first kappa shape index (κ1) is 11.9. The van der Waals surface area contributed by atoms with Gasteiger partial charge >= 0.3 is 0 Å². The van der Waals surface area contributed by atoms with E-state index in [0.717, 1.165) is 34.1 Å². The molecule has 0 unspecified atom stereocenters. The average Bonchev–Trinajstić information content (AvgIpc) is 2.58. The number of aromatic nitrogens is 1. The van der Waals surface area contributed by atoms with Crippen LogP contribution in [0, 0.1) is 13.8 Å². The summed E-state index contributed by atoms with van der Waals surface area (Å²) in [6.45, 7) is 4.06. The summed E-state index contributed by atoms with van der Waals surface area (Å²) in [6, 6.07) is 5.73. The summed E-state index contributed by atoms with van der Waals surface area (Å²) in [7, 11) is 1.68. The second kappa shape index (κ2) is 4.75. The fourth-order valence-electron chi connectivity index (χ4n) is 1.85. The number of benzene rings is 1. The Kier molecular flexibility index (Phi) is 3.33. The summed E-state index contributed by atoms with van der Waals surface area (Å²) < 4.78 is 5.35. The summed E-state index contributed by atoms with van der Waals surface area (Å²) in [5, 5.41) is 1.10. The lowest BCUT2D eigenvalue weighted by atomic mass is 10.1. The molecule has 0 saturated heterocycles. The first-order valence-electron chi connectivity index (χ1n) is 5.45. The van der Waals surface area contributed by atoms with Crippen LogP contribution in [-0.2, 0) is 6.42 Å². The Morgan fingerprint density at radius 3 is 2.71 bits per heavy atom. The number of nitrogen functional groups attached to an aromatic ring is 1. The predicted octanol–water partition coefficient (Wildman–Crippen LogP) is 2.94. The lowest BCUT2D eigenvalue weighted by molar-refractivity contribution is 0.410. The van der Waals surface area contributed by atoms with Gasteiger partial charge in [-0.1, -0.05) is 0 Å². The lowest BCUT2D eigenvalue weighted by Gasteiger charge is -2.08. The molecule has 1 heterocycles. The van der Waals surface area contributed by atoms with Crippen LogP contribution in [-0.4, -0.2) is 12.1 Å². The number of thiazole rings is 1. The molecule has 0 fully saturated rings. The zero-order valence-electron chi connectivity index (χ0n) is 10.3. The summed E-state index contributed by atoms with van der Waals surface area (Å²) >= 11 is 1.73. The van der Waals surface area contributed by atoms with E-state index in [-0.39, 0.29) is 0 Å². The summed E-state index contributed by atoms with van der Waals surface area (Å²) in [5.74, 6) is 0.879. The second-order valence-electron chi connectivity index (χ2n) is 3.99. The highest BCUT2D eigenvalue weighted by atomic mass is 32.1. The Hall–Kier alpha value is -1.55. The van der Waals surface area contributed by atoms with Crippen LogP contribution >= 0.6 is 11.3 Å². The van der Waals surface area contributed by atoms with Gasteiger partial charge in [0.15, 0.2) is 0 Å². The third-order valence-corrected chi connectivity index (χ3v) is 3.73. The monoisotopic (exact) mass is 248 g/mol. The highest BCUT2D eigenvalue weighted by molar-refractivity contribution is 7.11. The van der Waals surface area contributed by atoms with Crippen LogP contribution in [0.4, 0.5) is 5.69 Å². The standard InChI is InChI=1S/C13H16N2OS/c1-8-13(17-9(2)15-8)7-10-6-11(14)4-5-12(10)16-3/h4-6H,7,14H2,1-3H3. The molecule has 0 aliphatic heterocycles. The van der Waals surface area contributed by atoms with Gasteiger partial charge in [0.25, 0.3) is 0 Å². The van der Waals surface area contributed by atoms with Gasteiger partial charge in [-0.2, -0.15) is 0 Å². The van der Waals surface area contributed by atoms with Gasteiger partial charge in [-0.05, 0) is 32.0 Å². The van der Waals surface area contributed by atoms with Crippen molar-refractivity contribution in [3.05, 3.63) is 39.3 Å². The van der Waals surface area contributed by atoms with E-state index in [4.69, 9.17) is 10.5 Å². The number of aryl methyl sites for hydroxylation is 2. The molecule has 0 bridgehead atoms. The number of nitrogens with zero attached hydrogens (tertiary/aromatic N) is 1. The average molecular weight is 248 g/mol. The smallest absolute Gasteiger partial charge is 0.122 e. The molecule has 3 nitrogen and oxygen atoms in total. The molecular formula is C13H16N2OS. The molecule has 17 heavy (non-hydrogen) atoms. The van der Waals surface area contributed by atoms with E-state index in [2.05, 4.69) is 4.98 Å². The van der Waals surface area contributed by atoms with Crippen molar-refractivity contribution in [1.82, 2.24) is 4.98 Å². The minimum atomic E-state index is 0.764. The number of ether oxygens (including phenoxy) is 1. The Morgan fingerprint density at radius 2 is 2.12 bits per heavy atom. The van der Waals surface area contributed by atoms with Gasteiger partial charge in [-0.25, -0.2) is 4.98 Å². The molecule has 0 atom stereocenters. The van der Waals surface area contributed by atoms with E-state index in [0.29, 0.717) is 0 Å². The number of hydrogen-bond acceptors (Lipinski definition) is 4. The maximum atomic E-state index is 5.81. The molecule has 1 aromatic heterocycles. The van der Waals surface area contributed by atoms with Crippen LogP contribution in [0.5, 0.6) is 5.75 Å². The Bertz CT molecular complexity index is 534. The van der Waals surface area contributed by atoms with Crippen LogP contribution < -0.4 is 10.5 Å². The number of anilines is 1. The molecule has 0 saturated carbocycles. The Morgan fingerprint density at radius 1 is 1.35 bits per heavy atom. The minimum Gasteiger partial charge on any atom is -0.496 e. The van der Waals surface area contributed by atoms with Crippen LogP contribution in [0.1, 0.15) is 21.1 Å². The molecule has 4 heteroatoms. The summed E-state index contributed by atoms with van der Waals surface area (Å²) in [6.07, 6.45) is 0.825. The zero-order chi connectivity index (χ0) is 12.4. The van der Waals surface area contributed by atoms with Crippen LogP contribution in [0.3, 0.4) is 0 Å². The van der Waals surface area contributed by atoms with Gasteiger partial charge in [0, 0.05) is 22.5 Å². The molecule has 0 aliphatic rings. The third kappa shape index (κ3) is 2.58. The largest absolute Gasteiger partial charge is 0.496 e. The van der Waals surface area contributed by atoms with Crippen molar-refractivity contribution in [2.24, 2.45) is 0 Å². The van der Waals surface area contributed by atoms with E-state index in [9.17, 15) is 0 Å². The van der Waals surface area contributed by atoms with Crippen LogP contribution in [0.25, 0.3) is 0 Å². The fraction of sp³-hybridized carbons (Fsp3) is 0.308. The highest BCUT2D eigenvalue weighted by Gasteiger charge is 2.09. The maximum Gasteiger partial charge on any atom is 0.122 e. The van der Waals surface area contributed by atoms with E-state index < -0.39 is 0 Å².